The smallest absolute Gasteiger partial charge is 0.240 e. The van der Waals surface area contributed by atoms with E-state index in [1.54, 1.807) is 0 Å². The van der Waals surface area contributed by atoms with Gasteiger partial charge in [-0.3, -0.25) is 0 Å². The van der Waals surface area contributed by atoms with Gasteiger partial charge in [0.25, 0.3) is 0 Å². The van der Waals surface area contributed by atoms with Gasteiger partial charge >= 0.3 is 0 Å². The number of benzene rings is 1. The summed E-state index contributed by atoms with van der Waals surface area (Å²) in [5.41, 5.74) is 0. The van der Waals surface area contributed by atoms with Crippen LogP contribution in [0.25, 0.3) is 0 Å². The molecule has 0 saturated heterocycles. The quantitative estimate of drug-likeness (QED) is 0.865. The average Bonchev–Trinajstić information content (AvgIpc) is 2.19. The normalized spacial score (nSPS) is 11.7. The first-order valence-electron chi connectivity index (χ1n) is 4.03. The first-order valence-corrected chi connectivity index (χ1v) is 6.27. The molecule has 0 fully saturated rings. The minimum absolute atomic E-state index is 0.0188. The van der Waals surface area contributed by atoms with Gasteiger partial charge in [0.15, 0.2) is 0 Å². The molecule has 0 saturated carbocycles. The summed E-state index contributed by atoms with van der Waals surface area (Å²) < 4.78 is 25.3. The molecule has 7 heteroatoms. The van der Waals surface area contributed by atoms with E-state index in [4.69, 9.17) is 28.3 Å². The van der Waals surface area contributed by atoms with Gasteiger partial charge in [-0.15, -0.1) is 0 Å². The number of aliphatic hydroxyl groups is 1. The summed E-state index contributed by atoms with van der Waals surface area (Å²) in [4.78, 5) is 0.0188. The molecule has 15 heavy (non-hydrogen) atoms. The van der Waals surface area contributed by atoms with Crippen LogP contribution >= 0.6 is 23.2 Å². The number of nitrogens with one attached hydrogen (secondary N) is 1. The highest BCUT2D eigenvalue weighted by Gasteiger charge is 2.14. The summed E-state index contributed by atoms with van der Waals surface area (Å²) in [7, 11) is -3.61. The van der Waals surface area contributed by atoms with E-state index in [2.05, 4.69) is 4.72 Å². The fraction of sp³-hybridized carbons (Fsp3) is 0.250. The molecule has 4 nitrogen and oxygen atoms in total. The van der Waals surface area contributed by atoms with Gasteiger partial charge < -0.3 is 5.11 Å². The molecule has 0 aromatic heterocycles. The van der Waals surface area contributed by atoms with Crippen molar-refractivity contribution in [3.63, 3.8) is 0 Å². The van der Waals surface area contributed by atoms with Crippen molar-refractivity contribution >= 4 is 33.2 Å². The van der Waals surface area contributed by atoms with Crippen molar-refractivity contribution in [2.75, 3.05) is 13.2 Å². The van der Waals surface area contributed by atoms with Gasteiger partial charge in [-0.05, 0) is 18.2 Å². The molecule has 0 amide bonds. The Labute approximate surface area is 97.9 Å². The fourth-order valence-corrected chi connectivity index (χ4v) is 2.32. The topological polar surface area (TPSA) is 66.4 Å². The Bertz CT molecular complexity index is 447. The minimum atomic E-state index is -3.61. The first kappa shape index (κ1) is 12.7. The third kappa shape index (κ3) is 3.32. The minimum Gasteiger partial charge on any atom is -0.395 e. The van der Waals surface area contributed by atoms with Crippen molar-refractivity contribution < 1.29 is 13.5 Å². The van der Waals surface area contributed by atoms with Crippen LogP contribution in [-0.2, 0) is 10.0 Å². The summed E-state index contributed by atoms with van der Waals surface area (Å²) >= 11 is 11.3. The van der Waals surface area contributed by atoms with E-state index in [1.807, 2.05) is 0 Å². The van der Waals surface area contributed by atoms with Gasteiger partial charge in [-0.2, -0.15) is 0 Å². The molecule has 0 aliphatic rings. The van der Waals surface area contributed by atoms with E-state index < -0.39 is 10.0 Å². The van der Waals surface area contributed by atoms with Crippen LogP contribution in [0.4, 0.5) is 0 Å². The van der Waals surface area contributed by atoms with Crippen LogP contribution in [0, 0.1) is 0 Å². The predicted molar refractivity (Wildman–Crippen MR) is 58.7 cm³/mol. The lowest BCUT2D eigenvalue weighted by molar-refractivity contribution is 0.301. The second-order valence-corrected chi connectivity index (χ2v) is 5.28. The number of rotatable bonds is 4. The summed E-state index contributed by atoms with van der Waals surface area (Å²) in [5.74, 6) is 0. The van der Waals surface area contributed by atoms with Crippen LogP contribution in [0.2, 0.25) is 10.0 Å². The second kappa shape index (κ2) is 5.14. The molecular formula is C8H9Cl2NO3S. The van der Waals surface area contributed by atoms with Gasteiger partial charge in [-0.25, -0.2) is 13.1 Å². The predicted octanol–water partition coefficient (Wildman–Crippen LogP) is 1.26. The Kier molecular flexibility index (Phi) is 4.36. The van der Waals surface area contributed by atoms with Crippen molar-refractivity contribution in [1.82, 2.24) is 4.72 Å². The Hall–Kier alpha value is -0.330. The second-order valence-electron chi connectivity index (χ2n) is 2.70. The van der Waals surface area contributed by atoms with Crippen molar-refractivity contribution in [2.24, 2.45) is 0 Å². The molecule has 84 valence electrons. The van der Waals surface area contributed by atoms with Crippen molar-refractivity contribution in [1.29, 1.82) is 0 Å². The van der Waals surface area contributed by atoms with E-state index in [0.717, 1.165) is 0 Å². The maximum Gasteiger partial charge on any atom is 0.240 e. The Morgan fingerprint density at radius 3 is 2.47 bits per heavy atom. The molecule has 0 aliphatic heterocycles. The van der Waals surface area contributed by atoms with Crippen LogP contribution in [0.15, 0.2) is 23.1 Å². The molecule has 0 aliphatic carbocycles. The Morgan fingerprint density at radius 1 is 1.27 bits per heavy atom. The molecule has 1 rings (SSSR count). The van der Waals surface area contributed by atoms with Gasteiger partial charge in [0, 0.05) is 6.54 Å². The number of hydrogen-bond acceptors (Lipinski definition) is 3. The molecule has 0 atom stereocenters. The number of aliphatic hydroxyl groups excluding tert-OH is 1. The highest BCUT2D eigenvalue weighted by molar-refractivity contribution is 7.89. The van der Waals surface area contributed by atoms with Gasteiger partial charge in [0.05, 0.1) is 21.5 Å². The number of halogens is 2. The molecule has 0 radical (unpaired) electrons. The van der Waals surface area contributed by atoms with E-state index in [1.165, 1.54) is 18.2 Å². The SMILES string of the molecule is O=S(=O)(NCCO)c1ccc(Cl)c(Cl)c1. The zero-order valence-corrected chi connectivity index (χ0v) is 9.90. The Balaban J connectivity index is 3.00. The summed E-state index contributed by atoms with van der Waals surface area (Å²) in [5, 5.41) is 8.96. The zero-order chi connectivity index (χ0) is 11.5. The lowest BCUT2D eigenvalue weighted by Crippen LogP contribution is -2.26. The first-order chi connectivity index (χ1) is 6.97. The molecule has 0 unspecified atom stereocenters. The van der Waals surface area contributed by atoms with Gasteiger partial charge in [0.1, 0.15) is 0 Å². The highest BCUT2D eigenvalue weighted by atomic mass is 35.5. The largest absolute Gasteiger partial charge is 0.395 e. The molecule has 1 aromatic rings. The number of hydrogen-bond donors (Lipinski definition) is 2. The van der Waals surface area contributed by atoms with Crippen LogP contribution in [0.5, 0.6) is 0 Å². The average molecular weight is 270 g/mol. The molecular weight excluding hydrogens is 261 g/mol. The maximum absolute atomic E-state index is 11.5. The lowest BCUT2D eigenvalue weighted by Gasteiger charge is -2.05. The summed E-state index contributed by atoms with van der Waals surface area (Å²) in [6.45, 7) is -0.302. The van der Waals surface area contributed by atoms with Crippen molar-refractivity contribution in [3.05, 3.63) is 28.2 Å². The van der Waals surface area contributed by atoms with E-state index >= 15 is 0 Å². The van der Waals surface area contributed by atoms with Crippen LogP contribution < -0.4 is 4.72 Å². The van der Waals surface area contributed by atoms with E-state index in [0.29, 0.717) is 0 Å². The van der Waals surface area contributed by atoms with E-state index in [9.17, 15) is 8.42 Å². The molecule has 2 N–H and O–H groups in total. The monoisotopic (exact) mass is 269 g/mol. The lowest BCUT2D eigenvalue weighted by atomic mass is 10.4. The highest BCUT2D eigenvalue weighted by Crippen LogP contribution is 2.24. The van der Waals surface area contributed by atoms with Crippen LogP contribution in [0.1, 0.15) is 0 Å². The molecule has 1 aromatic carbocycles. The third-order valence-corrected chi connectivity index (χ3v) is 3.80. The molecule has 0 bridgehead atoms. The van der Waals surface area contributed by atoms with Gasteiger partial charge in [0.2, 0.25) is 10.0 Å². The molecule has 0 spiro atoms. The van der Waals surface area contributed by atoms with Crippen molar-refractivity contribution in [3.8, 4) is 0 Å². The third-order valence-electron chi connectivity index (χ3n) is 1.61. The van der Waals surface area contributed by atoms with Crippen LogP contribution in [0.3, 0.4) is 0 Å². The molecule has 0 heterocycles. The summed E-state index contributed by atoms with van der Waals surface area (Å²) in [6.07, 6.45) is 0. The number of sulfonamides is 1. The Morgan fingerprint density at radius 2 is 1.93 bits per heavy atom. The van der Waals surface area contributed by atoms with Crippen molar-refractivity contribution in [2.45, 2.75) is 4.90 Å². The maximum atomic E-state index is 11.5. The van der Waals surface area contributed by atoms with Crippen LogP contribution in [-0.4, -0.2) is 26.7 Å². The fourth-order valence-electron chi connectivity index (χ4n) is 0.907. The zero-order valence-electron chi connectivity index (χ0n) is 7.57. The summed E-state index contributed by atoms with van der Waals surface area (Å²) in [6, 6.07) is 3.99. The van der Waals surface area contributed by atoms with Gasteiger partial charge in [-0.1, -0.05) is 23.2 Å². The van der Waals surface area contributed by atoms with E-state index in [-0.39, 0.29) is 28.1 Å². The standard InChI is InChI=1S/C8H9Cl2NO3S/c9-7-2-1-6(5-8(7)10)15(13,14)11-3-4-12/h1-2,5,11-12H,3-4H2.